The van der Waals surface area contributed by atoms with Gasteiger partial charge < -0.3 is 19.6 Å². The van der Waals surface area contributed by atoms with Crippen molar-refractivity contribution in [1.82, 2.24) is 14.8 Å². The van der Waals surface area contributed by atoms with Gasteiger partial charge in [0.2, 0.25) is 5.91 Å². The second kappa shape index (κ2) is 9.83. The molecular weight excluding hydrogens is 530 g/mol. The zero-order valence-electron chi connectivity index (χ0n) is 22.0. The van der Waals surface area contributed by atoms with Crippen molar-refractivity contribution in [2.75, 3.05) is 46.2 Å². The summed E-state index contributed by atoms with van der Waals surface area (Å²) in [4.78, 5) is 48.4. The molecule has 3 aromatic rings. The summed E-state index contributed by atoms with van der Waals surface area (Å²) in [5.41, 5.74) is 0.272. The van der Waals surface area contributed by atoms with Crippen LogP contribution in [0.4, 0.5) is 13.9 Å². The third-order valence-electron chi connectivity index (χ3n) is 7.64. The Morgan fingerprint density at radius 2 is 1.72 bits per heavy atom. The van der Waals surface area contributed by atoms with Crippen molar-refractivity contribution in [3.8, 4) is 5.75 Å². The summed E-state index contributed by atoms with van der Waals surface area (Å²) in [6, 6.07) is 5.70. The molecule has 9 nitrogen and oxygen atoms in total. The van der Waals surface area contributed by atoms with Gasteiger partial charge in [-0.3, -0.25) is 19.3 Å². The topological polar surface area (TPSA) is 103 Å². The predicted octanol–water partition coefficient (Wildman–Crippen LogP) is 3.19. The SMILES string of the molecule is COc1cc2sc(N(C)C(=O)C3(CC(=O)O)Cc4cc(F)c(F)cc4C3)nc2cc1C(=O)N1CC(N(C)C)C1. The molecular formula is C27H28F2N4O5S. The fourth-order valence-electron chi connectivity index (χ4n) is 5.37. The van der Waals surface area contributed by atoms with Crippen LogP contribution in [-0.4, -0.2) is 85.1 Å². The van der Waals surface area contributed by atoms with Gasteiger partial charge in [-0.1, -0.05) is 11.3 Å². The molecule has 1 aromatic heterocycles. The van der Waals surface area contributed by atoms with Crippen LogP contribution in [0.25, 0.3) is 10.2 Å². The molecule has 12 heteroatoms. The first-order valence-electron chi connectivity index (χ1n) is 12.3. The number of nitrogens with zero attached hydrogens (tertiary/aromatic N) is 4. The first-order chi connectivity index (χ1) is 18.4. The highest BCUT2D eigenvalue weighted by Crippen LogP contribution is 2.44. The molecule has 5 rings (SSSR count). The predicted molar refractivity (Wildman–Crippen MR) is 141 cm³/mol. The average Bonchev–Trinajstić information content (AvgIpc) is 3.41. The summed E-state index contributed by atoms with van der Waals surface area (Å²) in [7, 11) is 6.91. The van der Waals surface area contributed by atoms with E-state index >= 15 is 0 Å². The number of aromatic nitrogens is 1. The number of carbonyl (C=O) groups excluding carboxylic acids is 2. The van der Waals surface area contributed by atoms with Crippen LogP contribution in [0.1, 0.15) is 27.9 Å². The fraction of sp³-hybridized carbons (Fsp3) is 0.407. The van der Waals surface area contributed by atoms with E-state index in [1.807, 2.05) is 14.1 Å². The number of methoxy groups -OCH3 is 1. The van der Waals surface area contributed by atoms with Gasteiger partial charge in [0.25, 0.3) is 5.91 Å². The van der Waals surface area contributed by atoms with E-state index in [0.717, 1.165) is 12.1 Å². The molecule has 0 spiro atoms. The van der Waals surface area contributed by atoms with E-state index < -0.39 is 35.3 Å². The number of carboxylic acid groups (broad SMARTS) is 1. The van der Waals surface area contributed by atoms with Crippen molar-refractivity contribution in [3.05, 3.63) is 52.6 Å². The first-order valence-corrected chi connectivity index (χ1v) is 13.1. The molecule has 2 aliphatic rings. The summed E-state index contributed by atoms with van der Waals surface area (Å²) in [5.74, 6) is -3.56. The fourth-order valence-corrected chi connectivity index (χ4v) is 6.31. The number of benzene rings is 2. The molecule has 1 N–H and O–H groups in total. The van der Waals surface area contributed by atoms with Crippen LogP contribution in [0.15, 0.2) is 24.3 Å². The summed E-state index contributed by atoms with van der Waals surface area (Å²) in [6.07, 6.45) is -0.568. The van der Waals surface area contributed by atoms with Crippen molar-refractivity contribution in [3.63, 3.8) is 0 Å². The molecule has 0 bridgehead atoms. The number of rotatable bonds is 7. The molecule has 2 heterocycles. The van der Waals surface area contributed by atoms with Crippen molar-refractivity contribution < 1.29 is 33.0 Å². The molecule has 0 unspecified atom stereocenters. The number of likely N-dealkylation sites (N-methyl/N-ethyl adjacent to an activating group) is 1. The number of anilines is 1. The number of halogens is 2. The Kier molecular flexibility index (Phi) is 6.79. The molecule has 1 aliphatic heterocycles. The molecule has 1 fully saturated rings. The molecule has 0 atom stereocenters. The Balaban J connectivity index is 1.44. The minimum atomic E-state index is -1.42. The monoisotopic (exact) mass is 558 g/mol. The lowest BCUT2D eigenvalue weighted by molar-refractivity contribution is -0.144. The van der Waals surface area contributed by atoms with E-state index in [1.54, 1.807) is 17.0 Å². The van der Waals surface area contributed by atoms with Crippen LogP contribution in [0, 0.1) is 17.0 Å². The van der Waals surface area contributed by atoms with E-state index in [4.69, 9.17) is 4.74 Å². The van der Waals surface area contributed by atoms with Crippen LogP contribution < -0.4 is 9.64 Å². The maximum absolute atomic E-state index is 13.9. The molecule has 2 aromatic carbocycles. The average molecular weight is 559 g/mol. The molecule has 206 valence electrons. The Labute approximate surface area is 227 Å². The molecule has 1 aliphatic carbocycles. The number of likely N-dealkylation sites (tertiary alicyclic amines) is 1. The minimum absolute atomic E-state index is 0.0316. The lowest BCUT2D eigenvalue weighted by Gasteiger charge is -2.42. The molecule has 0 saturated carbocycles. The first kappa shape index (κ1) is 26.9. The standard InChI is InChI=1S/C27H28F2N4O5S/c1-31(2)16-12-33(13-16)24(36)17-7-20-22(8-21(17)38-4)39-26(30-20)32(3)25(37)27(11-23(34)35)9-14-5-18(28)19(29)6-15(14)10-27/h5-8,16H,9-13H2,1-4H3,(H,34,35). The van der Waals surface area contributed by atoms with Crippen LogP contribution in [-0.2, 0) is 22.4 Å². The zero-order valence-corrected chi connectivity index (χ0v) is 22.8. The van der Waals surface area contributed by atoms with Crippen molar-refractivity contribution in [2.45, 2.75) is 25.3 Å². The Morgan fingerprint density at radius 3 is 2.26 bits per heavy atom. The molecule has 0 radical (unpaired) electrons. The minimum Gasteiger partial charge on any atom is -0.496 e. The zero-order chi connectivity index (χ0) is 28.2. The van der Waals surface area contributed by atoms with E-state index in [9.17, 15) is 28.3 Å². The summed E-state index contributed by atoms with van der Waals surface area (Å²) >= 11 is 1.20. The molecule has 2 amide bonds. The number of ether oxygens (including phenoxy) is 1. The molecule has 1 saturated heterocycles. The van der Waals surface area contributed by atoms with E-state index in [0.29, 0.717) is 56.9 Å². The van der Waals surface area contributed by atoms with E-state index in [-0.39, 0.29) is 18.7 Å². The lowest BCUT2D eigenvalue weighted by Crippen LogP contribution is -2.59. The number of carboxylic acids is 1. The van der Waals surface area contributed by atoms with E-state index in [2.05, 4.69) is 9.88 Å². The summed E-state index contributed by atoms with van der Waals surface area (Å²) in [5, 5.41) is 9.92. The number of amides is 2. The highest BCUT2D eigenvalue weighted by Gasteiger charge is 2.48. The van der Waals surface area contributed by atoms with Crippen LogP contribution in [0.3, 0.4) is 0 Å². The highest BCUT2D eigenvalue weighted by molar-refractivity contribution is 7.22. The van der Waals surface area contributed by atoms with Gasteiger partial charge in [-0.15, -0.1) is 0 Å². The van der Waals surface area contributed by atoms with Crippen LogP contribution >= 0.6 is 11.3 Å². The van der Waals surface area contributed by atoms with Gasteiger partial charge in [0.05, 0.1) is 34.7 Å². The normalized spacial score (nSPS) is 16.3. The van der Waals surface area contributed by atoms with Gasteiger partial charge in [0, 0.05) is 32.2 Å². The number of hydrogen-bond donors (Lipinski definition) is 1. The second-order valence-corrected chi connectivity index (χ2v) is 11.5. The number of aliphatic carboxylic acids is 1. The Bertz CT molecular complexity index is 1470. The number of hydrogen-bond acceptors (Lipinski definition) is 7. The second-order valence-electron chi connectivity index (χ2n) is 10.4. The quantitative estimate of drug-likeness (QED) is 0.475. The number of carbonyl (C=O) groups is 3. The Hall–Kier alpha value is -3.64. The van der Waals surface area contributed by atoms with Crippen LogP contribution in [0.5, 0.6) is 5.75 Å². The van der Waals surface area contributed by atoms with E-state index in [1.165, 1.54) is 30.4 Å². The third-order valence-corrected chi connectivity index (χ3v) is 8.74. The van der Waals surface area contributed by atoms with Gasteiger partial charge in [-0.2, -0.15) is 0 Å². The van der Waals surface area contributed by atoms with Crippen molar-refractivity contribution in [2.24, 2.45) is 5.41 Å². The largest absolute Gasteiger partial charge is 0.496 e. The van der Waals surface area contributed by atoms with Gasteiger partial charge in [0.15, 0.2) is 16.8 Å². The van der Waals surface area contributed by atoms with Gasteiger partial charge in [-0.05, 0) is 56.3 Å². The Morgan fingerprint density at radius 1 is 1.10 bits per heavy atom. The smallest absolute Gasteiger partial charge is 0.304 e. The summed E-state index contributed by atoms with van der Waals surface area (Å²) in [6.45, 7) is 1.21. The lowest BCUT2D eigenvalue weighted by atomic mass is 9.80. The van der Waals surface area contributed by atoms with Crippen molar-refractivity contribution >= 4 is 44.5 Å². The molecule has 39 heavy (non-hydrogen) atoms. The van der Waals surface area contributed by atoms with Gasteiger partial charge in [-0.25, -0.2) is 13.8 Å². The maximum atomic E-state index is 13.9. The van der Waals surface area contributed by atoms with Gasteiger partial charge in [0.1, 0.15) is 5.75 Å². The number of fused-ring (bicyclic) bond motifs is 2. The number of thiazole rings is 1. The summed E-state index contributed by atoms with van der Waals surface area (Å²) < 4.78 is 33.9. The van der Waals surface area contributed by atoms with Crippen LogP contribution in [0.2, 0.25) is 0 Å². The maximum Gasteiger partial charge on any atom is 0.304 e. The highest BCUT2D eigenvalue weighted by atomic mass is 32.1. The van der Waals surface area contributed by atoms with Gasteiger partial charge >= 0.3 is 5.97 Å². The third kappa shape index (κ3) is 4.71. The van der Waals surface area contributed by atoms with Crippen molar-refractivity contribution in [1.29, 1.82) is 0 Å².